The molecule has 0 heterocycles. The standard InChI is InChI=1S/C9H17NO/c1-4-7-8-11-9(5-2)10-6-3/h6H,3-5,7-8H2,1-2H3. The molecule has 0 aliphatic carbocycles. The quantitative estimate of drug-likeness (QED) is 0.340. The van der Waals surface area contributed by atoms with Gasteiger partial charge in [-0.2, -0.15) is 0 Å². The van der Waals surface area contributed by atoms with E-state index in [2.05, 4.69) is 18.5 Å². The van der Waals surface area contributed by atoms with Crippen LogP contribution in [0.4, 0.5) is 0 Å². The molecule has 0 rings (SSSR count). The van der Waals surface area contributed by atoms with Crippen LogP contribution in [0.15, 0.2) is 17.8 Å². The molecule has 64 valence electrons. The van der Waals surface area contributed by atoms with Crippen molar-refractivity contribution in [1.29, 1.82) is 0 Å². The van der Waals surface area contributed by atoms with Gasteiger partial charge in [-0.05, 0) is 6.42 Å². The molecule has 0 unspecified atom stereocenters. The fraction of sp³-hybridized carbons (Fsp3) is 0.667. The summed E-state index contributed by atoms with van der Waals surface area (Å²) in [6.45, 7) is 8.44. The van der Waals surface area contributed by atoms with E-state index in [1.807, 2.05) is 6.92 Å². The number of hydrogen-bond donors (Lipinski definition) is 0. The van der Waals surface area contributed by atoms with Crippen LogP contribution in [-0.2, 0) is 4.74 Å². The number of unbranched alkanes of at least 4 members (excludes halogenated alkanes) is 1. The monoisotopic (exact) mass is 155 g/mol. The molecule has 0 atom stereocenters. The molecule has 0 aliphatic heterocycles. The molecule has 0 bridgehead atoms. The Bertz CT molecular complexity index is 130. The van der Waals surface area contributed by atoms with Gasteiger partial charge in [-0.25, -0.2) is 4.99 Å². The molecule has 11 heavy (non-hydrogen) atoms. The highest BCUT2D eigenvalue weighted by atomic mass is 16.5. The molecular formula is C9H17NO. The Balaban J connectivity index is 3.52. The van der Waals surface area contributed by atoms with Crippen LogP contribution in [0.1, 0.15) is 33.1 Å². The van der Waals surface area contributed by atoms with Crippen molar-refractivity contribution in [1.82, 2.24) is 0 Å². The highest BCUT2D eigenvalue weighted by Gasteiger charge is 1.93. The summed E-state index contributed by atoms with van der Waals surface area (Å²) in [5.41, 5.74) is 0. The second-order valence-corrected chi connectivity index (χ2v) is 2.26. The molecule has 0 aliphatic rings. The summed E-state index contributed by atoms with van der Waals surface area (Å²) < 4.78 is 5.35. The average Bonchev–Trinajstić information content (AvgIpc) is 2.03. The highest BCUT2D eigenvalue weighted by Crippen LogP contribution is 1.93. The maximum absolute atomic E-state index is 5.35. The van der Waals surface area contributed by atoms with Gasteiger partial charge in [-0.3, -0.25) is 0 Å². The van der Waals surface area contributed by atoms with Crippen LogP contribution in [0.3, 0.4) is 0 Å². The smallest absolute Gasteiger partial charge is 0.187 e. The van der Waals surface area contributed by atoms with Crippen molar-refractivity contribution in [3.05, 3.63) is 12.8 Å². The van der Waals surface area contributed by atoms with Gasteiger partial charge >= 0.3 is 0 Å². The van der Waals surface area contributed by atoms with Gasteiger partial charge in [-0.15, -0.1) is 0 Å². The average molecular weight is 155 g/mol. The van der Waals surface area contributed by atoms with E-state index in [9.17, 15) is 0 Å². The van der Waals surface area contributed by atoms with Crippen molar-refractivity contribution >= 4 is 5.90 Å². The minimum absolute atomic E-state index is 0.775. The molecule has 0 spiro atoms. The lowest BCUT2D eigenvalue weighted by Crippen LogP contribution is -2.03. The molecule has 0 fully saturated rings. The van der Waals surface area contributed by atoms with E-state index in [1.165, 1.54) is 6.20 Å². The van der Waals surface area contributed by atoms with Gasteiger partial charge in [0.15, 0.2) is 5.90 Å². The zero-order chi connectivity index (χ0) is 8.53. The number of hydrogen-bond acceptors (Lipinski definition) is 2. The molecular weight excluding hydrogens is 138 g/mol. The topological polar surface area (TPSA) is 21.6 Å². The van der Waals surface area contributed by atoms with Crippen molar-refractivity contribution < 1.29 is 4.74 Å². The van der Waals surface area contributed by atoms with E-state index in [0.29, 0.717) is 0 Å². The molecule has 0 saturated carbocycles. The van der Waals surface area contributed by atoms with E-state index >= 15 is 0 Å². The maximum Gasteiger partial charge on any atom is 0.187 e. The third-order valence-electron chi connectivity index (χ3n) is 1.30. The molecule has 0 radical (unpaired) electrons. The zero-order valence-electron chi connectivity index (χ0n) is 7.47. The predicted molar refractivity (Wildman–Crippen MR) is 48.8 cm³/mol. The lowest BCUT2D eigenvalue weighted by molar-refractivity contribution is 0.289. The Kier molecular flexibility index (Phi) is 6.79. The molecule has 0 aromatic heterocycles. The molecule has 2 heteroatoms. The summed E-state index contributed by atoms with van der Waals surface area (Å²) in [7, 11) is 0. The van der Waals surface area contributed by atoms with Gasteiger partial charge in [0.25, 0.3) is 0 Å². The normalized spacial score (nSPS) is 11.3. The Morgan fingerprint density at radius 3 is 2.73 bits per heavy atom. The first-order chi connectivity index (χ1) is 5.35. The minimum atomic E-state index is 0.775. The molecule has 0 aromatic rings. The van der Waals surface area contributed by atoms with Crippen molar-refractivity contribution in [2.45, 2.75) is 33.1 Å². The Hall–Kier alpha value is -0.790. The summed E-state index contributed by atoms with van der Waals surface area (Å²) in [6, 6.07) is 0. The van der Waals surface area contributed by atoms with E-state index in [-0.39, 0.29) is 0 Å². The van der Waals surface area contributed by atoms with Crippen molar-refractivity contribution in [2.75, 3.05) is 6.61 Å². The number of nitrogens with zero attached hydrogens (tertiary/aromatic N) is 1. The summed E-state index contributed by atoms with van der Waals surface area (Å²) in [5, 5.41) is 0. The van der Waals surface area contributed by atoms with Gasteiger partial charge in [-0.1, -0.05) is 26.8 Å². The van der Waals surface area contributed by atoms with E-state index in [0.717, 1.165) is 31.8 Å². The minimum Gasteiger partial charge on any atom is -0.481 e. The van der Waals surface area contributed by atoms with Crippen LogP contribution in [0.5, 0.6) is 0 Å². The van der Waals surface area contributed by atoms with Gasteiger partial charge in [0.2, 0.25) is 0 Å². The lowest BCUT2D eigenvalue weighted by atomic mass is 10.4. The van der Waals surface area contributed by atoms with Gasteiger partial charge in [0, 0.05) is 12.6 Å². The Morgan fingerprint density at radius 1 is 1.55 bits per heavy atom. The zero-order valence-corrected chi connectivity index (χ0v) is 7.47. The molecule has 0 amide bonds. The van der Waals surface area contributed by atoms with E-state index in [4.69, 9.17) is 4.74 Å². The second-order valence-electron chi connectivity index (χ2n) is 2.26. The molecule has 0 saturated heterocycles. The third kappa shape index (κ3) is 5.64. The van der Waals surface area contributed by atoms with Crippen LogP contribution in [0, 0.1) is 0 Å². The second kappa shape index (κ2) is 7.32. The van der Waals surface area contributed by atoms with Crippen LogP contribution in [0.2, 0.25) is 0 Å². The van der Waals surface area contributed by atoms with Crippen molar-refractivity contribution in [3.63, 3.8) is 0 Å². The first-order valence-corrected chi connectivity index (χ1v) is 4.15. The number of aliphatic imine (C=N–C) groups is 1. The molecule has 0 aromatic carbocycles. The molecule has 0 N–H and O–H groups in total. The lowest BCUT2D eigenvalue weighted by Gasteiger charge is -2.04. The fourth-order valence-electron chi connectivity index (χ4n) is 0.667. The SMILES string of the molecule is C=CN=C(CC)OCCCC. The first kappa shape index (κ1) is 10.2. The van der Waals surface area contributed by atoms with E-state index < -0.39 is 0 Å². The molecule has 2 nitrogen and oxygen atoms in total. The summed E-state index contributed by atoms with van der Waals surface area (Å²) in [4.78, 5) is 3.97. The van der Waals surface area contributed by atoms with Crippen LogP contribution >= 0.6 is 0 Å². The Morgan fingerprint density at radius 2 is 2.27 bits per heavy atom. The Labute approximate surface area is 69.0 Å². The van der Waals surface area contributed by atoms with E-state index in [1.54, 1.807) is 0 Å². The summed E-state index contributed by atoms with van der Waals surface area (Å²) in [5.74, 6) is 0.786. The summed E-state index contributed by atoms with van der Waals surface area (Å²) >= 11 is 0. The van der Waals surface area contributed by atoms with Crippen LogP contribution in [-0.4, -0.2) is 12.5 Å². The fourth-order valence-corrected chi connectivity index (χ4v) is 0.667. The number of rotatable bonds is 5. The summed E-state index contributed by atoms with van der Waals surface area (Å²) in [6.07, 6.45) is 4.61. The van der Waals surface area contributed by atoms with Gasteiger partial charge < -0.3 is 4.74 Å². The van der Waals surface area contributed by atoms with Crippen molar-refractivity contribution in [2.24, 2.45) is 4.99 Å². The first-order valence-electron chi connectivity index (χ1n) is 4.15. The van der Waals surface area contributed by atoms with Gasteiger partial charge in [0.05, 0.1) is 6.61 Å². The van der Waals surface area contributed by atoms with Crippen LogP contribution < -0.4 is 0 Å². The van der Waals surface area contributed by atoms with Crippen LogP contribution in [0.25, 0.3) is 0 Å². The predicted octanol–water partition coefficient (Wildman–Crippen LogP) is 2.76. The number of ether oxygens (including phenoxy) is 1. The largest absolute Gasteiger partial charge is 0.481 e. The van der Waals surface area contributed by atoms with Crippen molar-refractivity contribution in [3.8, 4) is 0 Å². The third-order valence-corrected chi connectivity index (χ3v) is 1.30. The maximum atomic E-state index is 5.35. The highest BCUT2D eigenvalue weighted by molar-refractivity contribution is 5.76. The van der Waals surface area contributed by atoms with Gasteiger partial charge in [0.1, 0.15) is 0 Å².